The molecule has 0 aliphatic rings. The van der Waals surface area contributed by atoms with Crippen molar-refractivity contribution in [3.05, 3.63) is 82.9 Å². The summed E-state index contributed by atoms with van der Waals surface area (Å²) in [4.78, 5) is 19.4. The number of ether oxygens (including phenoxy) is 1. The van der Waals surface area contributed by atoms with E-state index in [-0.39, 0.29) is 28.2 Å². The van der Waals surface area contributed by atoms with Gasteiger partial charge in [-0.25, -0.2) is 13.4 Å². The highest BCUT2D eigenvalue weighted by atomic mass is 32.2. The van der Waals surface area contributed by atoms with Crippen molar-refractivity contribution in [1.29, 1.82) is 0 Å². The first-order valence-corrected chi connectivity index (χ1v) is 12.9. The molecule has 0 fully saturated rings. The molecule has 9 heteroatoms. The zero-order chi connectivity index (χ0) is 24.5. The number of para-hydroxylation sites is 1. The number of sulfonamides is 1. The van der Waals surface area contributed by atoms with E-state index in [1.54, 1.807) is 30.1 Å². The predicted octanol–water partition coefficient (Wildman–Crippen LogP) is 5.25. The molecule has 0 radical (unpaired) electrons. The number of thiazole rings is 1. The van der Waals surface area contributed by atoms with Crippen LogP contribution in [0.1, 0.15) is 33.9 Å². The first-order chi connectivity index (χ1) is 16.2. The molecule has 4 aromatic rings. The van der Waals surface area contributed by atoms with E-state index in [9.17, 15) is 13.2 Å². The summed E-state index contributed by atoms with van der Waals surface area (Å²) in [7, 11) is -0.922. The largest absolute Gasteiger partial charge is 0.495 e. The summed E-state index contributed by atoms with van der Waals surface area (Å²) in [5.74, 6) is -0.167. The fourth-order valence-corrected chi connectivity index (χ4v) is 5.78. The summed E-state index contributed by atoms with van der Waals surface area (Å²) >= 11 is 1.53. The fourth-order valence-electron chi connectivity index (χ4n) is 3.47. The van der Waals surface area contributed by atoms with Crippen LogP contribution in [0.5, 0.6) is 5.75 Å². The molecule has 4 rings (SSSR count). The van der Waals surface area contributed by atoms with Gasteiger partial charge in [0.2, 0.25) is 0 Å². The number of anilines is 1. The smallest absolute Gasteiger partial charge is 0.265 e. The van der Waals surface area contributed by atoms with Crippen molar-refractivity contribution in [3.8, 4) is 5.75 Å². The quantitative estimate of drug-likeness (QED) is 0.378. The average Bonchev–Trinajstić information content (AvgIpc) is 3.28. The lowest BCUT2D eigenvalue weighted by molar-refractivity contribution is 0.0742. The standard InChI is InChI=1S/C25H25N3O4S2/c1-16-9-12-19(13-10-16)27-34(30,31)23-15-18(11-14-21(23)32-4)25(29)28(3)17(2)24-26-20-7-5-6-8-22(20)33-24/h5-15,17,27H,1-4H3/t17-/m0/s1. The Morgan fingerprint density at radius 2 is 1.79 bits per heavy atom. The summed E-state index contributed by atoms with van der Waals surface area (Å²) in [6.07, 6.45) is 0. The maximum atomic E-state index is 13.3. The van der Waals surface area contributed by atoms with Gasteiger partial charge in [0.25, 0.3) is 15.9 Å². The molecule has 0 spiro atoms. The van der Waals surface area contributed by atoms with E-state index in [4.69, 9.17) is 4.74 Å². The molecule has 1 amide bonds. The number of carbonyl (C=O) groups excluding carboxylic acids is 1. The number of benzene rings is 3. The van der Waals surface area contributed by atoms with E-state index in [0.29, 0.717) is 5.69 Å². The van der Waals surface area contributed by atoms with Gasteiger partial charge in [0.1, 0.15) is 15.7 Å². The van der Waals surface area contributed by atoms with Gasteiger partial charge in [-0.05, 0) is 56.3 Å². The molecule has 0 aliphatic heterocycles. The lowest BCUT2D eigenvalue weighted by atomic mass is 10.1. The molecule has 0 aliphatic carbocycles. The van der Waals surface area contributed by atoms with Crippen LogP contribution in [0.2, 0.25) is 0 Å². The number of methoxy groups -OCH3 is 1. The molecular weight excluding hydrogens is 470 g/mol. The van der Waals surface area contributed by atoms with Gasteiger partial charge in [-0.15, -0.1) is 11.3 Å². The van der Waals surface area contributed by atoms with Crippen molar-refractivity contribution in [1.82, 2.24) is 9.88 Å². The Morgan fingerprint density at radius 1 is 1.09 bits per heavy atom. The third-order valence-electron chi connectivity index (χ3n) is 5.57. The van der Waals surface area contributed by atoms with E-state index >= 15 is 0 Å². The van der Waals surface area contributed by atoms with Crippen molar-refractivity contribution in [2.24, 2.45) is 0 Å². The van der Waals surface area contributed by atoms with Gasteiger partial charge in [-0.1, -0.05) is 29.8 Å². The van der Waals surface area contributed by atoms with Crippen LogP contribution in [0.4, 0.5) is 5.69 Å². The number of nitrogens with zero attached hydrogens (tertiary/aromatic N) is 2. The number of nitrogens with one attached hydrogen (secondary N) is 1. The van der Waals surface area contributed by atoms with Crippen LogP contribution < -0.4 is 9.46 Å². The zero-order valence-corrected chi connectivity index (χ0v) is 20.9. The van der Waals surface area contributed by atoms with Gasteiger partial charge < -0.3 is 9.64 Å². The SMILES string of the molecule is COc1ccc(C(=O)N(C)[C@@H](C)c2nc3ccccc3s2)cc1S(=O)(=O)Nc1ccc(C)cc1. The van der Waals surface area contributed by atoms with Crippen molar-refractivity contribution in [2.45, 2.75) is 24.8 Å². The van der Waals surface area contributed by atoms with Crippen LogP contribution >= 0.6 is 11.3 Å². The van der Waals surface area contributed by atoms with E-state index < -0.39 is 10.0 Å². The van der Waals surface area contributed by atoms with Gasteiger partial charge in [0.05, 0.1) is 23.4 Å². The fraction of sp³-hybridized carbons (Fsp3) is 0.200. The van der Waals surface area contributed by atoms with Gasteiger partial charge in [0.15, 0.2) is 0 Å². The van der Waals surface area contributed by atoms with Gasteiger partial charge in [0, 0.05) is 18.3 Å². The second-order valence-electron chi connectivity index (χ2n) is 7.95. The van der Waals surface area contributed by atoms with Crippen molar-refractivity contribution in [3.63, 3.8) is 0 Å². The average molecular weight is 496 g/mol. The summed E-state index contributed by atoms with van der Waals surface area (Å²) in [5, 5.41) is 0.805. The van der Waals surface area contributed by atoms with Crippen LogP contribution in [-0.4, -0.2) is 38.4 Å². The normalized spacial score (nSPS) is 12.4. The van der Waals surface area contributed by atoms with E-state index in [1.165, 1.54) is 30.6 Å². The summed E-state index contributed by atoms with van der Waals surface area (Å²) in [6, 6.07) is 18.9. The van der Waals surface area contributed by atoms with Crippen LogP contribution in [0, 0.1) is 6.92 Å². The minimum atomic E-state index is -4.00. The Kier molecular flexibility index (Phi) is 6.58. The van der Waals surface area contributed by atoms with Crippen LogP contribution in [-0.2, 0) is 10.0 Å². The maximum absolute atomic E-state index is 13.3. The lowest BCUT2D eigenvalue weighted by Gasteiger charge is -2.24. The third-order valence-corrected chi connectivity index (χ3v) is 8.18. The monoisotopic (exact) mass is 495 g/mol. The first kappa shape index (κ1) is 23.7. The summed E-state index contributed by atoms with van der Waals surface area (Å²) < 4.78 is 35.2. The molecule has 34 heavy (non-hydrogen) atoms. The number of aromatic nitrogens is 1. The van der Waals surface area contributed by atoms with E-state index in [1.807, 2.05) is 50.2 Å². The molecule has 7 nitrogen and oxygen atoms in total. The minimum absolute atomic E-state index is 0.109. The highest BCUT2D eigenvalue weighted by Gasteiger charge is 2.26. The number of amides is 1. The van der Waals surface area contributed by atoms with Crippen molar-refractivity contribution in [2.75, 3.05) is 18.9 Å². The van der Waals surface area contributed by atoms with E-state index in [0.717, 1.165) is 20.8 Å². The number of aryl methyl sites for hydroxylation is 1. The minimum Gasteiger partial charge on any atom is -0.495 e. The zero-order valence-electron chi connectivity index (χ0n) is 19.3. The number of hydrogen-bond donors (Lipinski definition) is 1. The molecule has 3 aromatic carbocycles. The predicted molar refractivity (Wildman–Crippen MR) is 135 cm³/mol. The van der Waals surface area contributed by atoms with Crippen LogP contribution in [0.25, 0.3) is 10.2 Å². The first-order valence-electron chi connectivity index (χ1n) is 10.6. The Labute approximate surface area is 203 Å². The molecule has 1 atom stereocenters. The van der Waals surface area contributed by atoms with Crippen LogP contribution in [0.3, 0.4) is 0 Å². The Hall–Kier alpha value is -3.43. The third kappa shape index (κ3) is 4.76. The molecule has 1 N–H and O–H groups in total. The maximum Gasteiger partial charge on any atom is 0.265 e. The highest BCUT2D eigenvalue weighted by molar-refractivity contribution is 7.92. The van der Waals surface area contributed by atoms with Crippen LogP contribution in [0.15, 0.2) is 71.6 Å². The number of carbonyl (C=O) groups is 1. The molecule has 0 saturated carbocycles. The van der Waals surface area contributed by atoms with Gasteiger partial charge in [-0.3, -0.25) is 9.52 Å². The molecule has 0 bridgehead atoms. The number of rotatable bonds is 7. The Balaban J connectivity index is 1.63. The summed E-state index contributed by atoms with van der Waals surface area (Å²) in [5.41, 5.74) is 2.56. The molecular formula is C25H25N3O4S2. The number of hydrogen-bond acceptors (Lipinski definition) is 6. The highest BCUT2D eigenvalue weighted by Crippen LogP contribution is 2.31. The summed E-state index contributed by atoms with van der Waals surface area (Å²) in [6.45, 7) is 3.82. The molecule has 0 saturated heterocycles. The Morgan fingerprint density at radius 3 is 2.47 bits per heavy atom. The lowest BCUT2D eigenvalue weighted by Crippen LogP contribution is -2.30. The molecule has 176 valence electrons. The number of fused-ring (bicyclic) bond motifs is 1. The molecule has 1 aromatic heterocycles. The van der Waals surface area contributed by atoms with E-state index in [2.05, 4.69) is 9.71 Å². The second-order valence-corrected chi connectivity index (χ2v) is 10.7. The molecule has 0 unspecified atom stereocenters. The van der Waals surface area contributed by atoms with Crippen molar-refractivity contribution < 1.29 is 17.9 Å². The Bertz CT molecular complexity index is 1410. The van der Waals surface area contributed by atoms with Gasteiger partial charge >= 0.3 is 0 Å². The van der Waals surface area contributed by atoms with Gasteiger partial charge in [-0.2, -0.15) is 0 Å². The topological polar surface area (TPSA) is 88.6 Å². The second kappa shape index (κ2) is 9.44. The molecule has 1 heterocycles. The van der Waals surface area contributed by atoms with Crippen molar-refractivity contribution >= 4 is 43.2 Å².